The molecule has 5 heteroatoms. The van der Waals surface area contributed by atoms with Crippen molar-refractivity contribution in [1.82, 2.24) is 14.8 Å². The van der Waals surface area contributed by atoms with Crippen molar-refractivity contribution < 1.29 is 0 Å². The van der Waals surface area contributed by atoms with E-state index in [2.05, 4.69) is 10.1 Å². The molecule has 76 valence electrons. The summed E-state index contributed by atoms with van der Waals surface area (Å²) < 4.78 is 1.34. The van der Waals surface area contributed by atoms with Crippen LogP contribution in [-0.2, 0) is 6.54 Å². The molecule has 1 heterocycles. The molecule has 0 radical (unpaired) electrons. The Morgan fingerprint density at radius 3 is 2.67 bits per heavy atom. The molecular formula is C10H8ClN3O. The fourth-order valence-corrected chi connectivity index (χ4v) is 1.32. The monoisotopic (exact) mass is 221 g/mol. The fraction of sp³-hybridized carbons (Fsp3) is 0.100. The summed E-state index contributed by atoms with van der Waals surface area (Å²) in [6, 6.07) is 7.28. The van der Waals surface area contributed by atoms with E-state index in [9.17, 15) is 4.79 Å². The molecule has 0 aliphatic carbocycles. The second-order valence-electron chi connectivity index (χ2n) is 3.03. The first-order valence-corrected chi connectivity index (χ1v) is 4.75. The smallest absolute Gasteiger partial charge is 0.266 e. The Hall–Kier alpha value is -1.68. The quantitative estimate of drug-likeness (QED) is 0.769. The number of benzene rings is 1. The van der Waals surface area contributed by atoms with E-state index in [0.29, 0.717) is 11.6 Å². The SMILES string of the molecule is O=c1cncnn1Cc1ccc(Cl)cc1. The van der Waals surface area contributed by atoms with Gasteiger partial charge in [-0.2, -0.15) is 5.10 Å². The highest BCUT2D eigenvalue weighted by Crippen LogP contribution is 2.09. The summed E-state index contributed by atoms with van der Waals surface area (Å²) in [6.45, 7) is 0.429. The molecule has 2 rings (SSSR count). The predicted molar refractivity (Wildman–Crippen MR) is 56.8 cm³/mol. The summed E-state index contributed by atoms with van der Waals surface area (Å²) in [5.41, 5.74) is 0.757. The van der Waals surface area contributed by atoms with Gasteiger partial charge in [0.25, 0.3) is 5.56 Å². The van der Waals surface area contributed by atoms with Crippen molar-refractivity contribution in [3.8, 4) is 0 Å². The van der Waals surface area contributed by atoms with Gasteiger partial charge in [0.05, 0.1) is 12.7 Å². The van der Waals surface area contributed by atoms with Gasteiger partial charge < -0.3 is 0 Å². The second kappa shape index (κ2) is 4.23. The van der Waals surface area contributed by atoms with Crippen molar-refractivity contribution in [2.45, 2.75) is 6.54 Å². The molecule has 1 aromatic heterocycles. The standard InChI is InChI=1S/C10H8ClN3O/c11-9-3-1-8(2-4-9)6-14-10(15)5-12-7-13-14/h1-5,7H,6H2. The van der Waals surface area contributed by atoms with E-state index >= 15 is 0 Å². The first-order valence-electron chi connectivity index (χ1n) is 4.37. The van der Waals surface area contributed by atoms with Crippen LogP contribution in [0.15, 0.2) is 41.6 Å². The van der Waals surface area contributed by atoms with Gasteiger partial charge >= 0.3 is 0 Å². The molecular weight excluding hydrogens is 214 g/mol. The van der Waals surface area contributed by atoms with Crippen molar-refractivity contribution in [1.29, 1.82) is 0 Å². The van der Waals surface area contributed by atoms with Crippen molar-refractivity contribution in [2.24, 2.45) is 0 Å². The van der Waals surface area contributed by atoms with Crippen LogP contribution < -0.4 is 5.56 Å². The van der Waals surface area contributed by atoms with E-state index in [0.717, 1.165) is 5.56 Å². The number of halogens is 1. The van der Waals surface area contributed by atoms with Crippen LogP contribution in [0.1, 0.15) is 5.56 Å². The van der Waals surface area contributed by atoms with Gasteiger partial charge in [0.1, 0.15) is 6.33 Å². The van der Waals surface area contributed by atoms with Crippen LogP contribution in [0.5, 0.6) is 0 Å². The number of hydrogen-bond donors (Lipinski definition) is 0. The van der Waals surface area contributed by atoms with Crippen molar-refractivity contribution in [2.75, 3.05) is 0 Å². The van der Waals surface area contributed by atoms with E-state index in [1.165, 1.54) is 17.2 Å². The molecule has 2 aromatic rings. The third-order valence-electron chi connectivity index (χ3n) is 1.94. The highest BCUT2D eigenvalue weighted by Gasteiger charge is 1.98. The summed E-state index contributed by atoms with van der Waals surface area (Å²) >= 11 is 5.75. The van der Waals surface area contributed by atoms with Gasteiger partial charge in [0.15, 0.2) is 0 Å². The average molecular weight is 222 g/mol. The molecule has 0 fully saturated rings. The Morgan fingerprint density at radius 1 is 1.27 bits per heavy atom. The van der Waals surface area contributed by atoms with E-state index < -0.39 is 0 Å². The topological polar surface area (TPSA) is 47.8 Å². The number of rotatable bonds is 2. The second-order valence-corrected chi connectivity index (χ2v) is 3.47. The molecule has 0 saturated heterocycles. The molecule has 0 N–H and O–H groups in total. The highest BCUT2D eigenvalue weighted by molar-refractivity contribution is 6.30. The zero-order valence-corrected chi connectivity index (χ0v) is 8.55. The Labute approximate surface area is 91.2 Å². The minimum atomic E-state index is -0.215. The van der Waals surface area contributed by atoms with E-state index in [-0.39, 0.29) is 5.56 Å². The lowest BCUT2D eigenvalue weighted by Gasteiger charge is -2.02. The van der Waals surface area contributed by atoms with Gasteiger partial charge in [-0.15, -0.1) is 0 Å². The van der Waals surface area contributed by atoms with E-state index in [1.54, 1.807) is 12.1 Å². The first kappa shape index (κ1) is 9.86. The van der Waals surface area contributed by atoms with Crippen LogP contribution in [0.25, 0.3) is 0 Å². The lowest BCUT2D eigenvalue weighted by Crippen LogP contribution is -2.22. The lowest BCUT2D eigenvalue weighted by atomic mass is 10.2. The first-order chi connectivity index (χ1) is 7.25. The van der Waals surface area contributed by atoms with Crippen LogP contribution in [0.4, 0.5) is 0 Å². The van der Waals surface area contributed by atoms with E-state index in [4.69, 9.17) is 11.6 Å². The molecule has 0 bridgehead atoms. The zero-order valence-electron chi connectivity index (χ0n) is 7.80. The van der Waals surface area contributed by atoms with Crippen LogP contribution in [-0.4, -0.2) is 14.8 Å². The molecule has 15 heavy (non-hydrogen) atoms. The fourth-order valence-electron chi connectivity index (χ4n) is 1.19. The van der Waals surface area contributed by atoms with Gasteiger partial charge in [0.2, 0.25) is 0 Å². The maximum atomic E-state index is 11.3. The highest BCUT2D eigenvalue weighted by atomic mass is 35.5. The van der Waals surface area contributed by atoms with Gasteiger partial charge in [-0.3, -0.25) is 4.79 Å². The summed E-state index contributed by atoms with van der Waals surface area (Å²) in [4.78, 5) is 14.9. The van der Waals surface area contributed by atoms with Gasteiger partial charge in [-0.1, -0.05) is 23.7 Å². The zero-order chi connectivity index (χ0) is 10.7. The van der Waals surface area contributed by atoms with E-state index in [1.807, 2.05) is 12.1 Å². The van der Waals surface area contributed by atoms with Crippen LogP contribution in [0.3, 0.4) is 0 Å². The average Bonchev–Trinajstić information content (AvgIpc) is 2.25. The number of nitrogens with zero attached hydrogens (tertiary/aromatic N) is 3. The molecule has 4 nitrogen and oxygen atoms in total. The third kappa shape index (κ3) is 2.41. The molecule has 0 amide bonds. The summed E-state index contributed by atoms with van der Waals surface area (Å²) in [5.74, 6) is 0. The van der Waals surface area contributed by atoms with Gasteiger partial charge in [0, 0.05) is 5.02 Å². The Bertz CT molecular complexity index is 507. The molecule has 1 aromatic carbocycles. The molecule has 0 atom stereocenters. The Morgan fingerprint density at radius 2 is 2.00 bits per heavy atom. The summed E-state index contributed by atoms with van der Waals surface area (Å²) in [6.07, 6.45) is 2.58. The normalized spacial score (nSPS) is 10.2. The Kier molecular flexibility index (Phi) is 2.78. The van der Waals surface area contributed by atoms with Gasteiger partial charge in [-0.05, 0) is 17.7 Å². The predicted octanol–water partition coefficient (Wildman–Crippen LogP) is 1.34. The maximum Gasteiger partial charge on any atom is 0.285 e. The summed E-state index contributed by atoms with van der Waals surface area (Å²) in [7, 11) is 0. The molecule has 0 spiro atoms. The number of aromatic nitrogens is 3. The maximum absolute atomic E-state index is 11.3. The number of hydrogen-bond acceptors (Lipinski definition) is 3. The lowest BCUT2D eigenvalue weighted by molar-refractivity contribution is 0.625. The van der Waals surface area contributed by atoms with Crippen molar-refractivity contribution >= 4 is 11.6 Å². The Balaban J connectivity index is 2.26. The van der Waals surface area contributed by atoms with Crippen LogP contribution in [0.2, 0.25) is 5.02 Å². The van der Waals surface area contributed by atoms with Crippen molar-refractivity contribution in [3.63, 3.8) is 0 Å². The van der Waals surface area contributed by atoms with Crippen molar-refractivity contribution in [3.05, 3.63) is 57.7 Å². The molecule has 0 saturated carbocycles. The minimum absolute atomic E-state index is 0.215. The minimum Gasteiger partial charge on any atom is -0.266 e. The largest absolute Gasteiger partial charge is 0.285 e. The molecule has 0 unspecified atom stereocenters. The molecule has 0 aliphatic rings. The molecule has 0 aliphatic heterocycles. The van der Waals surface area contributed by atoms with Crippen LogP contribution in [0, 0.1) is 0 Å². The van der Waals surface area contributed by atoms with Crippen LogP contribution >= 0.6 is 11.6 Å². The third-order valence-corrected chi connectivity index (χ3v) is 2.19. The summed E-state index contributed by atoms with van der Waals surface area (Å²) in [5, 5.41) is 4.53. The van der Waals surface area contributed by atoms with Gasteiger partial charge in [-0.25, -0.2) is 9.67 Å².